The van der Waals surface area contributed by atoms with Gasteiger partial charge in [0, 0.05) is 17.5 Å². The minimum Gasteiger partial charge on any atom is -0.0654 e. The van der Waals surface area contributed by atoms with E-state index in [1.165, 1.54) is 452 Å². The van der Waals surface area contributed by atoms with Gasteiger partial charge in [0.25, 0.3) is 0 Å². The van der Waals surface area contributed by atoms with E-state index >= 15 is 0 Å². The number of rotatable bonds is 79. The van der Waals surface area contributed by atoms with Crippen LogP contribution in [0.3, 0.4) is 0 Å². The molecule has 0 N–H and O–H groups in total. The molecule has 0 aromatic heterocycles. The summed E-state index contributed by atoms with van der Waals surface area (Å²) in [6.07, 6.45) is 111. The third kappa shape index (κ3) is 54.9. The van der Waals surface area contributed by atoms with Gasteiger partial charge >= 0.3 is 168 Å². The monoisotopic (exact) mass is 1630 g/mol. The number of nitrogens with zero attached hydrogens (tertiary/aromatic N) is 2. The Morgan fingerprint density at radius 2 is 0.491 bits per heavy atom. The molecule has 2 aromatic carbocycles. The average Bonchev–Trinajstić information content (AvgIpc) is 1.61. The summed E-state index contributed by atoms with van der Waals surface area (Å²) in [6, 6.07) is 9.84. The van der Waals surface area contributed by atoms with Crippen LogP contribution in [-0.4, -0.2) is 4.70 Å². The van der Waals surface area contributed by atoms with Gasteiger partial charge < -0.3 is 5.53 Å². The summed E-state index contributed by atoms with van der Waals surface area (Å²) in [4.78, 5) is 0. The van der Waals surface area contributed by atoms with E-state index in [0.717, 1.165) is 85.0 Å². The Labute approximate surface area is 710 Å². The summed E-state index contributed by atoms with van der Waals surface area (Å²) in [5.74, 6) is 7.19. The van der Waals surface area contributed by atoms with Gasteiger partial charge in [-0.3, -0.25) is 0 Å². The van der Waals surface area contributed by atoms with Gasteiger partial charge in [-0.2, -0.15) is 0 Å². The van der Waals surface area contributed by atoms with Crippen LogP contribution in [0.2, 0.25) is 0 Å². The minimum absolute atomic E-state index is 0.695. The van der Waals surface area contributed by atoms with Gasteiger partial charge in [-0.15, -0.1) is 0 Å². The first kappa shape index (κ1) is 105. The van der Waals surface area contributed by atoms with E-state index in [0.29, 0.717) is 18.0 Å². The van der Waals surface area contributed by atoms with Crippen LogP contribution in [0.1, 0.15) is 557 Å². The summed E-state index contributed by atoms with van der Waals surface area (Å²) in [6.45, 7) is 23.0. The van der Waals surface area contributed by atoms with Crippen LogP contribution >= 0.6 is 0 Å². The molecule has 1 heterocycles. The smallest absolute Gasteiger partial charge is 0.0654 e. The van der Waals surface area contributed by atoms with Crippen LogP contribution in [0.25, 0.3) is 16.9 Å². The minimum atomic E-state index is 0.695. The Hall–Kier alpha value is -3.04. The normalized spacial score (nSPS) is 12.6. The van der Waals surface area contributed by atoms with Crippen molar-refractivity contribution in [3.8, 4) is 11.8 Å². The van der Waals surface area contributed by atoms with Gasteiger partial charge in [0.05, 0.1) is 5.57 Å². The summed E-state index contributed by atoms with van der Waals surface area (Å²) < 4.78 is 6.47. The summed E-state index contributed by atoms with van der Waals surface area (Å²) in [7, 11) is 0. The number of unbranched alkanes of at least 4 members (excludes halogenated alkanes) is 59. The van der Waals surface area contributed by atoms with Crippen LogP contribution in [-0.2, 0) is 56.5 Å². The molecule has 0 radical (unpaired) electrons. The van der Waals surface area contributed by atoms with Crippen molar-refractivity contribution >= 4 is 11.4 Å². The van der Waals surface area contributed by atoms with E-state index in [9.17, 15) is 5.53 Å². The van der Waals surface area contributed by atoms with Gasteiger partial charge in [0.15, 0.2) is 0 Å². The van der Waals surface area contributed by atoms with E-state index in [1.807, 2.05) is 0 Å². The molecule has 1 aliphatic heterocycles. The van der Waals surface area contributed by atoms with Crippen molar-refractivity contribution in [2.75, 3.05) is 0 Å². The molecule has 0 unspecified atom stereocenters. The molecular weight excluding hydrogens is 1440 g/mol. The van der Waals surface area contributed by atoms with Crippen LogP contribution in [0.15, 0.2) is 68.8 Å². The first-order chi connectivity index (χ1) is 55.3. The molecular formula is C109H190N2Pd. The van der Waals surface area contributed by atoms with E-state index in [-0.39, 0.29) is 0 Å². The fourth-order valence-corrected chi connectivity index (χ4v) is 18.0. The third-order valence-corrected chi connectivity index (χ3v) is 25.6. The molecule has 0 atom stereocenters. The zero-order valence-electron chi connectivity index (χ0n) is 77.0. The fraction of sp³-hybridized carbons (Fsp3) is 0.780. The van der Waals surface area contributed by atoms with Crippen LogP contribution in [0.4, 0.5) is 0 Å². The number of allylic oxidation sites excluding steroid dienone is 6. The molecule has 3 rings (SSSR count). The summed E-state index contributed by atoms with van der Waals surface area (Å²) >= 11 is 0.695. The van der Waals surface area contributed by atoms with Crippen molar-refractivity contribution in [3.63, 3.8) is 0 Å². The van der Waals surface area contributed by atoms with Gasteiger partial charge in [-0.25, -0.2) is 4.70 Å². The van der Waals surface area contributed by atoms with E-state index in [1.54, 1.807) is 15.8 Å². The predicted octanol–water partition coefficient (Wildman–Crippen LogP) is 37.9. The molecule has 112 heavy (non-hydrogen) atoms. The Morgan fingerprint density at radius 1 is 0.268 bits per heavy atom. The second kappa shape index (κ2) is 80.4. The van der Waals surface area contributed by atoms with E-state index in [2.05, 4.69) is 139 Å². The van der Waals surface area contributed by atoms with Gasteiger partial charge in [-0.1, -0.05) is 350 Å². The van der Waals surface area contributed by atoms with Crippen molar-refractivity contribution < 1.29 is 22.7 Å². The Bertz CT molecular complexity index is 2590. The molecule has 646 valence electrons. The molecule has 0 aliphatic carbocycles. The molecule has 0 spiro atoms. The van der Waals surface area contributed by atoms with Gasteiger partial charge in [0.2, 0.25) is 11.4 Å². The molecule has 0 bridgehead atoms. The maximum absolute atomic E-state index is 12.9. The van der Waals surface area contributed by atoms with E-state index in [4.69, 9.17) is 0 Å². The SMILES string of the molecule is CCC#CC1=C(c2cc(CCCC)c(CCCC)c(CCCC)c2)[N+](=[N-])C(c2cc(CCCC)c(CCCC)c(CCCC)c2)=C1C=CCCCCCCCCCCCCCCC.CCCCCCCCCCCCCCCCCCCCCCC=[CH][Pd][CH]=CCCCCCCCCCCCCCCCCCCCCCC. The number of hydrogen-bond donors (Lipinski definition) is 0. The summed E-state index contributed by atoms with van der Waals surface area (Å²) in [5.41, 5.74) is 28.2. The number of aryl methyl sites for hydroxylation is 4. The van der Waals surface area contributed by atoms with Crippen molar-refractivity contribution in [3.05, 3.63) is 119 Å². The topological polar surface area (TPSA) is 25.3 Å². The molecule has 3 heteroatoms. The molecule has 0 saturated carbocycles. The Kier molecular flexibility index (Phi) is 75.4. The quantitative estimate of drug-likeness (QED) is 0.0273. The van der Waals surface area contributed by atoms with Crippen molar-refractivity contribution in [1.82, 2.24) is 0 Å². The van der Waals surface area contributed by atoms with Crippen molar-refractivity contribution in [1.29, 1.82) is 0 Å². The number of hydrogen-bond acceptors (Lipinski definition) is 0. The fourth-order valence-electron chi connectivity index (χ4n) is 16.9. The molecule has 0 saturated heterocycles. The first-order valence-corrected chi connectivity index (χ1v) is 52.4. The van der Waals surface area contributed by atoms with Gasteiger partial charge in [-0.05, 0) is 148 Å². The summed E-state index contributed by atoms with van der Waals surface area (Å²) in [5, 5.41) is 0. The molecule has 1 aliphatic rings. The molecule has 0 amide bonds. The van der Waals surface area contributed by atoms with Crippen LogP contribution in [0.5, 0.6) is 0 Å². The van der Waals surface area contributed by atoms with Crippen LogP contribution in [0, 0.1) is 11.8 Å². The molecule has 2 nitrogen and oxygen atoms in total. The average molecular weight is 1640 g/mol. The second-order valence-electron chi connectivity index (χ2n) is 34.9. The number of benzene rings is 2. The van der Waals surface area contributed by atoms with Crippen molar-refractivity contribution in [2.45, 2.75) is 551 Å². The Morgan fingerprint density at radius 3 is 0.741 bits per heavy atom. The maximum atomic E-state index is 12.9. The van der Waals surface area contributed by atoms with E-state index < -0.39 is 0 Å². The molecule has 2 aromatic rings. The van der Waals surface area contributed by atoms with Crippen molar-refractivity contribution in [2.24, 2.45) is 0 Å². The zero-order chi connectivity index (χ0) is 80.7. The van der Waals surface area contributed by atoms with Gasteiger partial charge in [0.1, 0.15) is 5.57 Å². The van der Waals surface area contributed by atoms with Crippen LogP contribution < -0.4 is 0 Å². The second-order valence-corrected chi connectivity index (χ2v) is 36.4. The molecule has 0 fully saturated rings. The predicted molar refractivity (Wildman–Crippen MR) is 503 cm³/mol. The zero-order valence-corrected chi connectivity index (χ0v) is 78.6. The third-order valence-electron chi connectivity index (χ3n) is 24.2. The first-order valence-electron chi connectivity index (χ1n) is 50.6. The standard InChI is InChI=1S/C61H96N2.2C24H47.Pd/c1-9-17-25-26-27-28-29-30-31-32-33-34-35-36-37-45-59-58(44-24-16-8)60(54-46-50(38-18-10-2)56(42-22-14-6)51(47-54)39-19-11-3)63(62)61(59)55-48-52(40-20-12-4)57(43-23-15-7)53(49-55)41-21-13-5;2*1-3-5-7-9-11-13-15-17-19-21-23-24-22-20-18-16-14-12-10-8-6-4-2;/h37,45-49H,9-23,25-36,38-43H2,1-8H3;2*1,3H,4-24H2,2H3;. The Balaban J connectivity index is 0.000000787.